The fourth-order valence-corrected chi connectivity index (χ4v) is 4.49. The zero-order valence-electron chi connectivity index (χ0n) is 15.7. The molecule has 152 valence electrons. The molecule has 0 aliphatic carbocycles. The van der Waals surface area contributed by atoms with Gasteiger partial charge in [0.25, 0.3) is 0 Å². The second-order valence-electron chi connectivity index (χ2n) is 7.08. The third-order valence-electron chi connectivity index (χ3n) is 5.00. The molecule has 0 unspecified atom stereocenters. The number of likely N-dealkylation sites (tertiary alicyclic amines) is 1. The maximum atomic E-state index is 11.7. The number of nitrogens with two attached hydrogens (primary N) is 1. The van der Waals surface area contributed by atoms with E-state index in [1.54, 1.807) is 30.6 Å². The smallest absolute Gasteiger partial charge is 0.344 e. The van der Waals surface area contributed by atoms with Gasteiger partial charge in [-0.15, -0.1) is 4.40 Å². The minimum atomic E-state index is -3.82. The van der Waals surface area contributed by atoms with Crippen molar-refractivity contribution in [3.63, 3.8) is 0 Å². The standard InChI is InChI=1S/C19H22N6O3S/c20-18-17-15(23-29(26,27)24-18)4-1-5-16(17)28-12-13-3-2-10-25(11-13)19(21)14-6-8-22-9-7-14/h1,4-9,13,21,23H,2-3,10-12H2,(H2,20,24)/t13-/m0/s1. The summed E-state index contributed by atoms with van der Waals surface area (Å²) < 4.78 is 35.3. The second-order valence-corrected chi connectivity index (χ2v) is 8.42. The van der Waals surface area contributed by atoms with Crippen LogP contribution in [0.2, 0.25) is 0 Å². The van der Waals surface area contributed by atoms with Gasteiger partial charge in [0.2, 0.25) is 0 Å². The molecule has 1 saturated heterocycles. The van der Waals surface area contributed by atoms with Crippen LogP contribution in [-0.4, -0.2) is 49.7 Å². The molecule has 0 radical (unpaired) electrons. The summed E-state index contributed by atoms with van der Waals surface area (Å²) in [5, 5.41) is 8.46. The van der Waals surface area contributed by atoms with E-state index in [1.807, 2.05) is 12.1 Å². The van der Waals surface area contributed by atoms with Crippen molar-refractivity contribution >= 4 is 27.6 Å². The van der Waals surface area contributed by atoms with Gasteiger partial charge in [0, 0.05) is 37.0 Å². The van der Waals surface area contributed by atoms with Gasteiger partial charge in [-0.1, -0.05) is 6.07 Å². The van der Waals surface area contributed by atoms with Crippen LogP contribution in [0.25, 0.3) is 0 Å². The summed E-state index contributed by atoms with van der Waals surface area (Å²) in [4.78, 5) is 6.06. The molecule has 1 atom stereocenters. The van der Waals surface area contributed by atoms with Gasteiger partial charge in [-0.3, -0.25) is 15.1 Å². The first-order valence-corrected chi connectivity index (χ1v) is 10.8. The van der Waals surface area contributed by atoms with Crippen LogP contribution < -0.4 is 15.2 Å². The molecule has 2 aliphatic heterocycles. The molecule has 0 amide bonds. The maximum absolute atomic E-state index is 11.7. The molecule has 10 heteroatoms. The van der Waals surface area contributed by atoms with Gasteiger partial charge >= 0.3 is 10.2 Å². The second kappa shape index (κ2) is 7.70. The molecule has 3 heterocycles. The van der Waals surface area contributed by atoms with Crippen LogP contribution in [-0.2, 0) is 10.2 Å². The van der Waals surface area contributed by atoms with E-state index < -0.39 is 10.2 Å². The summed E-state index contributed by atoms with van der Waals surface area (Å²) in [5.41, 5.74) is 7.53. The van der Waals surface area contributed by atoms with E-state index in [1.165, 1.54) is 0 Å². The molecule has 4 rings (SSSR count). The Kier molecular flexibility index (Phi) is 5.10. The predicted octanol–water partition coefficient (Wildman–Crippen LogP) is 1.57. The summed E-state index contributed by atoms with van der Waals surface area (Å²) in [6.45, 7) is 1.99. The third kappa shape index (κ3) is 4.16. The molecule has 0 spiro atoms. The highest BCUT2D eigenvalue weighted by atomic mass is 32.2. The highest BCUT2D eigenvalue weighted by Crippen LogP contribution is 2.31. The van der Waals surface area contributed by atoms with Crippen LogP contribution in [0.4, 0.5) is 5.69 Å². The van der Waals surface area contributed by atoms with Crippen LogP contribution in [0.15, 0.2) is 47.1 Å². The van der Waals surface area contributed by atoms with Crippen LogP contribution in [0.1, 0.15) is 24.0 Å². The average Bonchev–Trinajstić information content (AvgIpc) is 2.71. The normalized spacial score (nSPS) is 20.2. The number of piperidine rings is 1. The van der Waals surface area contributed by atoms with Crippen molar-refractivity contribution in [2.45, 2.75) is 12.8 Å². The summed E-state index contributed by atoms with van der Waals surface area (Å²) >= 11 is 0. The minimum Gasteiger partial charge on any atom is -0.492 e. The lowest BCUT2D eigenvalue weighted by Gasteiger charge is -2.34. The first-order chi connectivity index (χ1) is 13.9. The van der Waals surface area contributed by atoms with Gasteiger partial charge < -0.3 is 15.4 Å². The van der Waals surface area contributed by atoms with Crippen molar-refractivity contribution in [1.29, 1.82) is 5.41 Å². The van der Waals surface area contributed by atoms with Crippen molar-refractivity contribution in [1.82, 2.24) is 9.88 Å². The predicted molar refractivity (Wildman–Crippen MR) is 111 cm³/mol. The molecule has 1 aromatic heterocycles. The van der Waals surface area contributed by atoms with Gasteiger partial charge in [0.05, 0.1) is 17.9 Å². The Morgan fingerprint density at radius 3 is 2.90 bits per heavy atom. The number of nitrogens with one attached hydrogen (secondary N) is 2. The monoisotopic (exact) mass is 414 g/mol. The van der Waals surface area contributed by atoms with Gasteiger partial charge in [-0.2, -0.15) is 8.42 Å². The van der Waals surface area contributed by atoms with Gasteiger partial charge in [-0.05, 0) is 37.1 Å². The van der Waals surface area contributed by atoms with E-state index in [0.717, 1.165) is 24.9 Å². The lowest BCUT2D eigenvalue weighted by Crippen LogP contribution is -2.41. The first kappa shape index (κ1) is 19.2. The molecule has 4 N–H and O–H groups in total. The number of benzene rings is 1. The average molecular weight is 414 g/mol. The van der Waals surface area contributed by atoms with Crippen LogP contribution >= 0.6 is 0 Å². The quantitative estimate of drug-likeness (QED) is 0.514. The molecule has 29 heavy (non-hydrogen) atoms. The van der Waals surface area contributed by atoms with Crippen LogP contribution in [0.3, 0.4) is 0 Å². The maximum Gasteiger partial charge on any atom is 0.344 e. The number of hydrogen-bond acceptors (Lipinski definition) is 6. The molecule has 2 aliphatic rings. The molecular formula is C19H22N6O3S. The number of nitrogens with zero attached hydrogens (tertiary/aromatic N) is 3. The highest BCUT2D eigenvalue weighted by Gasteiger charge is 2.26. The molecule has 0 bridgehead atoms. The summed E-state index contributed by atoms with van der Waals surface area (Å²) in [6, 6.07) is 8.76. The van der Waals surface area contributed by atoms with E-state index in [2.05, 4.69) is 19.0 Å². The number of aromatic nitrogens is 1. The number of ether oxygens (including phenoxy) is 1. The Bertz CT molecular complexity index is 1050. The van der Waals surface area contributed by atoms with Crippen LogP contribution in [0.5, 0.6) is 5.75 Å². The van der Waals surface area contributed by atoms with Gasteiger partial charge in [-0.25, -0.2) is 0 Å². The molecular weight excluding hydrogens is 392 g/mol. The number of fused-ring (bicyclic) bond motifs is 1. The number of pyridine rings is 1. The van der Waals surface area contributed by atoms with Crippen LogP contribution in [0, 0.1) is 11.3 Å². The van der Waals surface area contributed by atoms with E-state index in [0.29, 0.717) is 36.0 Å². The number of anilines is 1. The fraction of sp³-hybridized carbons (Fsp3) is 0.316. The van der Waals surface area contributed by atoms with Gasteiger partial charge in [0.1, 0.15) is 11.6 Å². The molecule has 1 aromatic carbocycles. The van der Waals surface area contributed by atoms with Crippen molar-refractivity contribution in [2.75, 3.05) is 24.4 Å². The van der Waals surface area contributed by atoms with E-state index in [-0.39, 0.29) is 11.8 Å². The lowest BCUT2D eigenvalue weighted by atomic mass is 9.98. The summed E-state index contributed by atoms with van der Waals surface area (Å²) in [7, 11) is -3.82. The zero-order chi connectivity index (χ0) is 20.4. The first-order valence-electron chi connectivity index (χ1n) is 9.31. The Morgan fingerprint density at radius 1 is 1.31 bits per heavy atom. The molecule has 2 aromatic rings. The largest absolute Gasteiger partial charge is 0.492 e. The van der Waals surface area contributed by atoms with E-state index in [4.69, 9.17) is 15.9 Å². The van der Waals surface area contributed by atoms with Gasteiger partial charge in [0.15, 0.2) is 5.84 Å². The van der Waals surface area contributed by atoms with Crippen molar-refractivity contribution < 1.29 is 13.2 Å². The summed E-state index contributed by atoms with van der Waals surface area (Å²) in [6.07, 6.45) is 5.34. The Balaban J connectivity index is 1.44. The topological polar surface area (TPSA) is 134 Å². The molecule has 9 nitrogen and oxygen atoms in total. The van der Waals surface area contributed by atoms with Crippen molar-refractivity contribution in [3.8, 4) is 5.75 Å². The SMILES string of the molecule is N=C(c1ccncc1)N1CCC[C@H](COc2cccc3c2C(N)=NS(=O)(=O)N3)C1. The molecule has 1 fully saturated rings. The Hall–Kier alpha value is -3.14. The molecule has 0 saturated carbocycles. The van der Waals surface area contributed by atoms with E-state index >= 15 is 0 Å². The Labute approximate surface area is 169 Å². The van der Waals surface area contributed by atoms with E-state index in [9.17, 15) is 8.42 Å². The summed E-state index contributed by atoms with van der Waals surface area (Å²) in [5.74, 6) is 1.13. The van der Waals surface area contributed by atoms with Crippen molar-refractivity contribution in [2.24, 2.45) is 16.0 Å². The highest BCUT2D eigenvalue weighted by molar-refractivity contribution is 7.91. The lowest BCUT2D eigenvalue weighted by molar-refractivity contribution is 0.174. The minimum absolute atomic E-state index is 0.0842. The zero-order valence-corrected chi connectivity index (χ0v) is 16.5. The third-order valence-corrected chi connectivity index (χ3v) is 5.92. The number of hydrogen-bond donors (Lipinski definition) is 3. The van der Waals surface area contributed by atoms with Crippen molar-refractivity contribution in [3.05, 3.63) is 53.9 Å². The fourth-order valence-electron chi connectivity index (χ4n) is 3.64. The number of amidine groups is 2. The number of rotatable bonds is 4. The Morgan fingerprint density at radius 2 is 2.10 bits per heavy atom.